The number of nitrogens with one attached hydrogen (secondary N) is 2. The number of aliphatic imine (C=N–C) groups is 1. The van der Waals surface area contributed by atoms with Gasteiger partial charge in [-0.1, -0.05) is 24.3 Å². The van der Waals surface area contributed by atoms with Crippen LogP contribution in [0.3, 0.4) is 0 Å². The topological polar surface area (TPSA) is 64.1 Å². The Labute approximate surface area is 199 Å². The summed E-state index contributed by atoms with van der Waals surface area (Å²) >= 11 is 0. The molecule has 2 aromatic rings. The van der Waals surface area contributed by atoms with E-state index in [-0.39, 0.29) is 35.5 Å². The normalized spacial score (nSPS) is 11.0. The molecule has 0 fully saturated rings. The predicted molar refractivity (Wildman–Crippen MR) is 129 cm³/mol. The first-order chi connectivity index (χ1) is 14.6. The molecule has 0 aromatic heterocycles. The van der Waals surface area contributed by atoms with Crippen LogP contribution in [0.15, 0.2) is 47.5 Å². The van der Waals surface area contributed by atoms with Crippen molar-refractivity contribution in [1.29, 1.82) is 0 Å². The zero-order valence-electron chi connectivity index (χ0n) is 18.0. The lowest BCUT2D eigenvalue weighted by molar-refractivity contribution is -0.0512. The smallest absolute Gasteiger partial charge is 0.387 e. The van der Waals surface area contributed by atoms with Crippen LogP contribution in [-0.4, -0.2) is 46.4 Å². The summed E-state index contributed by atoms with van der Waals surface area (Å²) in [6, 6.07) is 12.9. The van der Waals surface area contributed by atoms with Crippen molar-refractivity contribution in [3.8, 4) is 17.2 Å². The lowest BCUT2D eigenvalue weighted by Crippen LogP contribution is -2.38. The number of hydrogen-bond acceptors (Lipinski definition) is 4. The molecule has 0 unspecified atom stereocenters. The van der Waals surface area contributed by atoms with Crippen LogP contribution in [0.4, 0.5) is 8.78 Å². The largest absolute Gasteiger partial charge is 0.496 e. The van der Waals surface area contributed by atoms with Crippen molar-refractivity contribution in [3.63, 3.8) is 0 Å². The number of guanidine groups is 1. The van der Waals surface area contributed by atoms with E-state index in [1.807, 2.05) is 37.3 Å². The minimum absolute atomic E-state index is 0. The van der Waals surface area contributed by atoms with Gasteiger partial charge < -0.3 is 24.8 Å². The minimum Gasteiger partial charge on any atom is -0.496 e. The monoisotopic (exact) mass is 549 g/mol. The second-order valence-corrected chi connectivity index (χ2v) is 6.36. The number of hydrogen-bond donors (Lipinski definition) is 2. The average molecular weight is 549 g/mol. The first-order valence-corrected chi connectivity index (χ1v) is 9.83. The molecule has 0 saturated carbocycles. The molecule has 0 heterocycles. The number of nitrogens with zero attached hydrogens (tertiary/aromatic N) is 1. The molecule has 2 rings (SSSR count). The Balaban J connectivity index is 0.00000480. The summed E-state index contributed by atoms with van der Waals surface area (Å²) in [5.41, 5.74) is 1.95. The fourth-order valence-electron chi connectivity index (χ4n) is 2.93. The van der Waals surface area contributed by atoms with Gasteiger partial charge in [0.1, 0.15) is 5.75 Å². The van der Waals surface area contributed by atoms with Crippen LogP contribution in [0, 0.1) is 0 Å². The molecular formula is C22H30F2IN3O3. The van der Waals surface area contributed by atoms with Gasteiger partial charge in [-0.3, -0.25) is 4.99 Å². The molecule has 6 nitrogen and oxygen atoms in total. The summed E-state index contributed by atoms with van der Waals surface area (Å²) in [5.74, 6) is 1.86. The highest BCUT2D eigenvalue weighted by Gasteiger charge is 2.11. The third-order valence-electron chi connectivity index (χ3n) is 4.34. The fraction of sp³-hybridized carbons (Fsp3) is 0.409. The molecule has 0 atom stereocenters. The Kier molecular flexibility index (Phi) is 12.6. The van der Waals surface area contributed by atoms with Crippen molar-refractivity contribution in [2.24, 2.45) is 4.99 Å². The van der Waals surface area contributed by atoms with Gasteiger partial charge >= 0.3 is 6.61 Å². The molecule has 172 valence electrons. The number of ether oxygens (including phenoxy) is 3. The molecule has 2 aromatic carbocycles. The third kappa shape index (κ3) is 9.16. The van der Waals surface area contributed by atoms with Crippen LogP contribution in [0.5, 0.6) is 17.2 Å². The van der Waals surface area contributed by atoms with E-state index in [0.717, 1.165) is 29.8 Å². The van der Waals surface area contributed by atoms with Crippen LogP contribution in [0.25, 0.3) is 0 Å². The number of benzene rings is 2. The van der Waals surface area contributed by atoms with Gasteiger partial charge in [-0.2, -0.15) is 8.78 Å². The molecule has 0 spiro atoms. The van der Waals surface area contributed by atoms with Gasteiger partial charge in [0.25, 0.3) is 0 Å². The van der Waals surface area contributed by atoms with Gasteiger partial charge in [-0.25, -0.2) is 0 Å². The van der Waals surface area contributed by atoms with Crippen molar-refractivity contribution in [1.82, 2.24) is 10.6 Å². The molecule has 0 radical (unpaired) electrons. The lowest BCUT2D eigenvalue weighted by Gasteiger charge is -2.13. The van der Waals surface area contributed by atoms with Crippen molar-refractivity contribution in [3.05, 3.63) is 53.6 Å². The molecule has 0 aliphatic rings. The average Bonchev–Trinajstić information content (AvgIpc) is 2.74. The predicted octanol–water partition coefficient (Wildman–Crippen LogP) is 4.26. The Morgan fingerprint density at radius 2 is 1.71 bits per heavy atom. The minimum atomic E-state index is -2.90. The van der Waals surface area contributed by atoms with Gasteiger partial charge in [0, 0.05) is 19.6 Å². The molecule has 0 aliphatic carbocycles. The molecular weight excluding hydrogens is 519 g/mol. The fourth-order valence-corrected chi connectivity index (χ4v) is 2.93. The standard InChI is InChI=1S/C22H29F2N3O3.HI/c1-4-25-22(27-14-12-17-7-5-6-8-18(17)28-2)26-13-11-16-9-10-19(29-3)20(15-16)30-21(23)24;/h5-10,15,21H,4,11-14H2,1-3H3,(H2,25,26,27);1H. The van der Waals surface area contributed by atoms with Crippen molar-refractivity contribution >= 4 is 29.9 Å². The maximum atomic E-state index is 12.6. The van der Waals surface area contributed by atoms with E-state index in [4.69, 9.17) is 9.47 Å². The van der Waals surface area contributed by atoms with Gasteiger partial charge in [0.2, 0.25) is 0 Å². The second kappa shape index (κ2) is 14.7. The maximum Gasteiger partial charge on any atom is 0.387 e. The van der Waals surface area contributed by atoms with Gasteiger partial charge in [-0.15, -0.1) is 24.0 Å². The Morgan fingerprint density at radius 1 is 0.968 bits per heavy atom. The molecule has 31 heavy (non-hydrogen) atoms. The van der Waals surface area contributed by atoms with Crippen LogP contribution in [0.1, 0.15) is 18.1 Å². The molecule has 2 N–H and O–H groups in total. The van der Waals surface area contributed by atoms with Crippen molar-refractivity contribution in [2.45, 2.75) is 26.4 Å². The zero-order valence-corrected chi connectivity index (χ0v) is 20.3. The number of rotatable bonds is 11. The lowest BCUT2D eigenvalue weighted by atomic mass is 10.1. The van der Waals surface area contributed by atoms with E-state index in [1.165, 1.54) is 7.11 Å². The highest BCUT2D eigenvalue weighted by molar-refractivity contribution is 14.0. The van der Waals surface area contributed by atoms with E-state index in [1.54, 1.807) is 19.2 Å². The van der Waals surface area contributed by atoms with E-state index < -0.39 is 6.61 Å². The molecule has 0 amide bonds. The molecule has 0 bridgehead atoms. The zero-order chi connectivity index (χ0) is 21.8. The van der Waals surface area contributed by atoms with Crippen LogP contribution < -0.4 is 24.8 Å². The van der Waals surface area contributed by atoms with Crippen LogP contribution >= 0.6 is 24.0 Å². The number of halogens is 3. The first-order valence-electron chi connectivity index (χ1n) is 9.83. The van der Waals surface area contributed by atoms with Gasteiger partial charge in [-0.05, 0) is 49.1 Å². The summed E-state index contributed by atoms with van der Waals surface area (Å²) in [7, 11) is 3.07. The van der Waals surface area contributed by atoms with Crippen LogP contribution in [-0.2, 0) is 12.8 Å². The summed E-state index contributed by atoms with van der Waals surface area (Å²) in [6.45, 7) is 1.01. The highest BCUT2D eigenvalue weighted by Crippen LogP contribution is 2.29. The Hall–Kier alpha value is -2.30. The maximum absolute atomic E-state index is 12.6. The molecule has 0 aliphatic heterocycles. The van der Waals surface area contributed by atoms with Gasteiger partial charge in [0.15, 0.2) is 17.5 Å². The third-order valence-corrected chi connectivity index (χ3v) is 4.34. The molecule has 0 saturated heterocycles. The summed E-state index contributed by atoms with van der Waals surface area (Å²) in [4.78, 5) is 4.59. The molecule has 9 heteroatoms. The van der Waals surface area contributed by atoms with Crippen molar-refractivity contribution in [2.75, 3.05) is 33.9 Å². The summed E-state index contributed by atoms with van der Waals surface area (Å²) < 4.78 is 40.1. The van der Waals surface area contributed by atoms with E-state index in [0.29, 0.717) is 25.5 Å². The Morgan fingerprint density at radius 3 is 2.39 bits per heavy atom. The quantitative estimate of drug-likeness (QED) is 0.249. The van der Waals surface area contributed by atoms with E-state index in [2.05, 4.69) is 20.4 Å². The highest BCUT2D eigenvalue weighted by atomic mass is 127. The number of methoxy groups -OCH3 is 2. The number of alkyl halides is 2. The van der Waals surface area contributed by atoms with Crippen LogP contribution in [0.2, 0.25) is 0 Å². The Bertz CT molecular complexity index is 822. The second-order valence-electron chi connectivity index (χ2n) is 6.36. The van der Waals surface area contributed by atoms with Gasteiger partial charge in [0.05, 0.1) is 14.2 Å². The summed E-state index contributed by atoms with van der Waals surface area (Å²) in [5, 5.41) is 6.46. The van der Waals surface area contributed by atoms with Crippen molar-refractivity contribution < 1.29 is 23.0 Å². The van der Waals surface area contributed by atoms with E-state index in [9.17, 15) is 8.78 Å². The van der Waals surface area contributed by atoms with E-state index >= 15 is 0 Å². The summed E-state index contributed by atoms with van der Waals surface area (Å²) in [6.07, 6.45) is 1.37. The number of para-hydroxylation sites is 1. The first kappa shape index (κ1) is 26.7. The SMILES string of the molecule is CCNC(=NCCc1ccccc1OC)NCCc1ccc(OC)c(OC(F)F)c1.I.